The Labute approximate surface area is 110 Å². The van der Waals surface area contributed by atoms with Crippen molar-refractivity contribution in [2.24, 2.45) is 0 Å². The van der Waals surface area contributed by atoms with Gasteiger partial charge in [0.05, 0.1) is 5.39 Å². The summed E-state index contributed by atoms with van der Waals surface area (Å²) in [5.74, 6) is -0.202. The molecule has 90 valence electrons. The molecule has 0 saturated carbocycles. The van der Waals surface area contributed by atoms with Gasteiger partial charge in [0.15, 0.2) is 5.58 Å². The SMILES string of the molecule is N#Cc1oc2c(c1C#N)c(=O)oc1cc(Cl)ccc12. The first-order valence-electron chi connectivity index (χ1n) is 5.14. The Bertz CT molecular complexity index is 970. The highest BCUT2D eigenvalue weighted by molar-refractivity contribution is 6.31. The summed E-state index contributed by atoms with van der Waals surface area (Å²) >= 11 is 5.82. The summed E-state index contributed by atoms with van der Waals surface area (Å²) in [6.07, 6.45) is 0. The van der Waals surface area contributed by atoms with Crippen molar-refractivity contribution in [1.29, 1.82) is 10.5 Å². The fourth-order valence-electron chi connectivity index (χ4n) is 1.92. The minimum Gasteiger partial charge on any atom is -0.443 e. The lowest BCUT2D eigenvalue weighted by molar-refractivity contribution is 0.563. The van der Waals surface area contributed by atoms with Crippen LogP contribution < -0.4 is 5.63 Å². The molecule has 2 heterocycles. The average molecular weight is 271 g/mol. The van der Waals surface area contributed by atoms with E-state index in [4.69, 9.17) is 31.0 Å². The van der Waals surface area contributed by atoms with E-state index in [1.807, 2.05) is 0 Å². The predicted molar refractivity (Wildman–Crippen MR) is 66.7 cm³/mol. The van der Waals surface area contributed by atoms with Crippen LogP contribution in [0.15, 0.2) is 31.8 Å². The second-order valence-corrected chi connectivity index (χ2v) is 4.20. The van der Waals surface area contributed by atoms with Crippen LogP contribution in [-0.4, -0.2) is 0 Å². The molecule has 6 heteroatoms. The Morgan fingerprint density at radius 1 is 1.16 bits per heavy atom. The topological polar surface area (TPSA) is 90.9 Å². The van der Waals surface area contributed by atoms with E-state index in [0.29, 0.717) is 10.4 Å². The van der Waals surface area contributed by atoms with Gasteiger partial charge in [0, 0.05) is 11.1 Å². The van der Waals surface area contributed by atoms with E-state index in [1.165, 1.54) is 6.07 Å². The standard InChI is InChI=1S/C13H3ClN2O3/c14-6-1-2-7-9(3-6)19-13(17)11-8(4-15)10(5-16)18-12(7)11/h1-3H. The van der Waals surface area contributed by atoms with Crippen LogP contribution in [0.2, 0.25) is 5.02 Å². The van der Waals surface area contributed by atoms with Gasteiger partial charge in [-0.1, -0.05) is 11.6 Å². The van der Waals surface area contributed by atoms with E-state index >= 15 is 0 Å². The van der Waals surface area contributed by atoms with Gasteiger partial charge in [0.1, 0.15) is 28.7 Å². The van der Waals surface area contributed by atoms with Crippen LogP contribution in [0.4, 0.5) is 0 Å². The molecule has 2 aromatic heterocycles. The maximum absolute atomic E-state index is 11.9. The molecule has 0 bridgehead atoms. The number of benzene rings is 1. The monoisotopic (exact) mass is 270 g/mol. The second-order valence-electron chi connectivity index (χ2n) is 3.76. The Balaban J connectivity index is 2.65. The molecule has 0 N–H and O–H groups in total. The molecule has 0 spiro atoms. The van der Waals surface area contributed by atoms with Gasteiger partial charge in [0.25, 0.3) is 0 Å². The van der Waals surface area contributed by atoms with Crippen molar-refractivity contribution in [3.63, 3.8) is 0 Å². The summed E-state index contributed by atoms with van der Waals surface area (Å²) in [4.78, 5) is 11.9. The number of furan rings is 1. The molecule has 0 aliphatic rings. The zero-order valence-corrected chi connectivity index (χ0v) is 9.99. The van der Waals surface area contributed by atoms with Gasteiger partial charge < -0.3 is 8.83 Å². The summed E-state index contributed by atoms with van der Waals surface area (Å²) in [6, 6.07) is 8.21. The normalized spacial score (nSPS) is 10.5. The fourth-order valence-corrected chi connectivity index (χ4v) is 2.08. The third-order valence-electron chi connectivity index (χ3n) is 2.72. The minimum atomic E-state index is -0.730. The first-order valence-corrected chi connectivity index (χ1v) is 5.52. The number of nitriles is 2. The van der Waals surface area contributed by atoms with E-state index in [2.05, 4.69) is 0 Å². The van der Waals surface area contributed by atoms with E-state index in [9.17, 15) is 4.79 Å². The van der Waals surface area contributed by atoms with Crippen LogP contribution in [-0.2, 0) is 0 Å². The van der Waals surface area contributed by atoms with Crippen LogP contribution in [0.3, 0.4) is 0 Å². The van der Waals surface area contributed by atoms with E-state index in [-0.39, 0.29) is 27.9 Å². The second kappa shape index (κ2) is 3.88. The summed E-state index contributed by atoms with van der Waals surface area (Å²) in [5, 5.41) is 18.8. The Kier molecular flexibility index (Phi) is 2.31. The molecule has 0 aliphatic carbocycles. The van der Waals surface area contributed by atoms with Crippen LogP contribution in [0.1, 0.15) is 11.3 Å². The van der Waals surface area contributed by atoms with Crippen LogP contribution in [0.5, 0.6) is 0 Å². The molecule has 19 heavy (non-hydrogen) atoms. The van der Waals surface area contributed by atoms with Gasteiger partial charge in [-0.25, -0.2) is 4.79 Å². The number of rotatable bonds is 0. The zero-order valence-electron chi connectivity index (χ0n) is 9.23. The van der Waals surface area contributed by atoms with Crippen LogP contribution in [0.25, 0.3) is 21.9 Å². The highest BCUT2D eigenvalue weighted by atomic mass is 35.5. The van der Waals surface area contributed by atoms with Crippen molar-refractivity contribution < 1.29 is 8.83 Å². The molecule has 0 aliphatic heterocycles. The number of fused-ring (bicyclic) bond motifs is 3. The van der Waals surface area contributed by atoms with Crippen molar-refractivity contribution in [2.75, 3.05) is 0 Å². The molecular formula is C13H3ClN2O3. The van der Waals surface area contributed by atoms with Gasteiger partial charge in [-0.15, -0.1) is 0 Å². The van der Waals surface area contributed by atoms with E-state index in [1.54, 1.807) is 24.3 Å². The molecule has 0 radical (unpaired) electrons. The van der Waals surface area contributed by atoms with Crippen molar-refractivity contribution in [1.82, 2.24) is 0 Å². The molecule has 0 unspecified atom stereocenters. The van der Waals surface area contributed by atoms with Crippen LogP contribution in [0, 0.1) is 22.7 Å². The average Bonchev–Trinajstić information content (AvgIpc) is 2.77. The summed E-state index contributed by atoms with van der Waals surface area (Å²) in [5.41, 5.74) is -0.432. The Morgan fingerprint density at radius 2 is 1.95 bits per heavy atom. The number of hydrogen-bond donors (Lipinski definition) is 0. The van der Waals surface area contributed by atoms with Crippen molar-refractivity contribution >= 4 is 33.5 Å². The quantitative estimate of drug-likeness (QED) is 0.586. The largest absolute Gasteiger partial charge is 0.443 e. The highest BCUT2D eigenvalue weighted by Crippen LogP contribution is 2.30. The molecule has 5 nitrogen and oxygen atoms in total. The first-order chi connectivity index (χ1) is 9.15. The van der Waals surface area contributed by atoms with Crippen molar-refractivity contribution in [3.8, 4) is 12.1 Å². The highest BCUT2D eigenvalue weighted by Gasteiger charge is 2.20. The number of halogens is 1. The van der Waals surface area contributed by atoms with Crippen molar-refractivity contribution in [2.45, 2.75) is 0 Å². The lowest BCUT2D eigenvalue weighted by atomic mass is 10.1. The molecule has 0 saturated heterocycles. The minimum absolute atomic E-state index is 0.0196. The summed E-state index contributed by atoms with van der Waals surface area (Å²) in [7, 11) is 0. The fraction of sp³-hybridized carbons (Fsp3) is 0. The molecule has 1 aromatic carbocycles. The first kappa shape index (κ1) is 11.3. The molecule has 0 atom stereocenters. The molecule has 3 rings (SSSR count). The third kappa shape index (κ3) is 1.50. The van der Waals surface area contributed by atoms with E-state index in [0.717, 1.165) is 0 Å². The van der Waals surface area contributed by atoms with Gasteiger partial charge >= 0.3 is 5.63 Å². The maximum Gasteiger partial charge on any atom is 0.348 e. The lowest BCUT2D eigenvalue weighted by Gasteiger charge is -1.97. The summed E-state index contributed by atoms with van der Waals surface area (Å²) < 4.78 is 10.4. The van der Waals surface area contributed by atoms with Gasteiger partial charge in [-0.2, -0.15) is 10.5 Å². The molecule has 3 aromatic rings. The van der Waals surface area contributed by atoms with Gasteiger partial charge in [0.2, 0.25) is 5.76 Å². The summed E-state index contributed by atoms with van der Waals surface area (Å²) in [6.45, 7) is 0. The van der Waals surface area contributed by atoms with Crippen LogP contribution >= 0.6 is 11.6 Å². The Morgan fingerprint density at radius 3 is 2.63 bits per heavy atom. The zero-order chi connectivity index (χ0) is 13.6. The molecule has 0 amide bonds. The van der Waals surface area contributed by atoms with Crippen molar-refractivity contribution in [3.05, 3.63) is 45.0 Å². The molecule has 0 fully saturated rings. The van der Waals surface area contributed by atoms with E-state index < -0.39 is 5.63 Å². The Hall–Kier alpha value is -2.76. The third-order valence-corrected chi connectivity index (χ3v) is 2.95. The smallest absolute Gasteiger partial charge is 0.348 e. The van der Waals surface area contributed by atoms with Gasteiger partial charge in [-0.3, -0.25) is 0 Å². The molecular weight excluding hydrogens is 268 g/mol. The lowest BCUT2D eigenvalue weighted by Crippen LogP contribution is -1.99. The van der Waals surface area contributed by atoms with Gasteiger partial charge in [-0.05, 0) is 12.1 Å². The predicted octanol–water partition coefficient (Wildman–Crippen LogP) is 2.94. The number of nitrogens with zero attached hydrogens (tertiary/aromatic N) is 2. The number of hydrogen-bond acceptors (Lipinski definition) is 5. The maximum atomic E-state index is 11.9.